The molecule has 1 aromatic rings. The minimum Gasteiger partial charge on any atom is -0.494 e. The van der Waals surface area contributed by atoms with E-state index in [4.69, 9.17) is 10.5 Å². The van der Waals surface area contributed by atoms with E-state index in [2.05, 4.69) is 6.07 Å². The Morgan fingerprint density at radius 2 is 2.00 bits per heavy atom. The lowest BCUT2D eigenvalue weighted by molar-refractivity contribution is 0.327. The van der Waals surface area contributed by atoms with E-state index in [1.165, 1.54) is 31.2 Å². The Kier molecular flexibility index (Phi) is 3.83. The zero-order valence-corrected chi connectivity index (χ0v) is 9.99. The first-order valence-corrected chi connectivity index (χ1v) is 6.30. The zero-order valence-electron chi connectivity index (χ0n) is 9.99. The van der Waals surface area contributed by atoms with Crippen LogP contribution in [0, 0.1) is 5.92 Å². The average Bonchev–Trinajstić information content (AvgIpc) is 2.83. The highest BCUT2D eigenvalue weighted by atomic mass is 16.5. The Morgan fingerprint density at radius 1 is 1.31 bits per heavy atom. The van der Waals surface area contributed by atoms with E-state index in [9.17, 15) is 0 Å². The summed E-state index contributed by atoms with van der Waals surface area (Å²) in [5.74, 6) is 1.60. The van der Waals surface area contributed by atoms with Crippen LogP contribution in [0.25, 0.3) is 0 Å². The van der Waals surface area contributed by atoms with Gasteiger partial charge in [-0.1, -0.05) is 31.0 Å². The standard InChI is InChI=1S/C14H21NO/c1-2-16-13-10-6-5-9-12(13)14(15)11-7-3-4-8-11/h5-6,9-11,14H,2-4,7-8,15H2,1H3. The lowest BCUT2D eigenvalue weighted by Crippen LogP contribution is -2.20. The minimum absolute atomic E-state index is 0.144. The molecule has 16 heavy (non-hydrogen) atoms. The number of hydrogen-bond acceptors (Lipinski definition) is 2. The van der Waals surface area contributed by atoms with Crippen molar-refractivity contribution in [1.82, 2.24) is 0 Å². The van der Waals surface area contributed by atoms with Crippen LogP contribution in [0.1, 0.15) is 44.2 Å². The van der Waals surface area contributed by atoms with Gasteiger partial charge in [-0.2, -0.15) is 0 Å². The van der Waals surface area contributed by atoms with Crippen LogP contribution in [-0.4, -0.2) is 6.61 Å². The third-order valence-electron chi connectivity index (χ3n) is 3.49. The Balaban J connectivity index is 2.17. The van der Waals surface area contributed by atoms with Crippen LogP contribution in [0.2, 0.25) is 0 Å². The molecule has 88 valence electrons. The van der Waals surface area contributed by atoms with Gasteiger partial charge in [-0.15, -0.1) is 0 Å². The fourth-order valence-corrected chi connectivity index (χ4v) is 2.61. The maximum Gasteiger partial charge on any atom is 0.124 e. The van der Waals surface area contributed by atoms with Gasteiger partial charge in [-0.05, 0) is 31.7 Å². The van der Waals surface area contributed by atoms with Crippen LogP contribution in [0.15, 0.2) is 24.3 Å². The maximum absolute atomic E-state index is 6.35. The van der Waals surface area contributed by atoms with Crippen molar-refractivity contribution in [2.45, 2.75) is 38.6 Å². The van der Waals surface area contributed by atoms with Crippen LogP contribution in [-0.2, 0) is 0 Å². The van der Waals surface area contributed by atoms with Gasteiger partial charge in [-0.3, -0.25) is 0 Å². The summed E-state index contributed by atoms with van der Waals surface area (Å²) >= 11 is 0. The topological polar surface area (TPSA) is 35.2 Å². The van der Waals surface area contributed by atoms with E-state index in [0.29, 0.717) is 12.5 Å². The Morgan fingerprint density at radius 3 is 2.69 bits per heavy atom. The zero-order chi connectivity index (χ0) is 11.4. The summed E-state index contributed by atoms with van der Waals surface area (Å²) in [5.41, 5.74) is 7.53. The van der Waals surface area contributed by atoms with Crippen LogP contribution < -0.4 is 10.5 Å². The molecular weight excluding hydrogens is 198 g/mol. The molecular formula is C14H21NO. The first-order chi connectivity index (χ1) is 7.83. The van der Waals surface area contributed by atoms with E-state index < -0.39 is 0 Å². The SMILES string of the molecule is CCOc1ccccc1C(N)C1CCCC1. The molecule has 1 saturated carbocycles. The second kappa shape index (κ2) is 5.35. The van der Waals surface area contributed by atoms with Gasteiger partial charge < -0.3 is 10.5 Å². The fraction of sp³-hybridized carbons (Fsp3) is 0.571. The fourth-order valence-electron chi connectivity index (χ4n) is 2.61. The van der Waals surface area contributed by atoms with Gasteiger partial charge in [0.2, 0.25) is 0 Å². The molecule has 0 saturated heterocycles. The lowest BCUT2D eigenvalue weighted by Gasteiger charge is -2.21. The van der Waals surface area contributed by atoms with Crippen molar-refractivity contribution in [3.63, 3.8) is 0 Å². The molecule has 1 aliphatic carbocycles. The van der Waals surface area contributed by atoms with Gasteiger partial charge >= 0.3 is 0 Å². The molecule has 0 amide bonds. The lowest BCUT2D eigenvalue weighted by atomic mass is 9.92. The summed E-state index contributed by atoms with van der Waals surface area (Å²) in [7, 11) is 0. The van der Waals surface area contributed by atoms with Crippen molar-refractivity contribution in [2.75, 3.05) is 6.61 Å². The molecule has 2 nitrogen and oxygen atoms in total. The first kappa shape index (κ1) is 11.5. The van der Waals surface area contributed by atoms with Crippen LogP contribution in [0.5, 0.6) is 5.75 Å². The van der Waals surface area contributed by atoms with Crippen molar-refractivity contribution >= 4 is 0 Å². The van der Waals surface area contributed by atoms with Crippen molar-refractivity contribution in [3.8, 4) is 5.75 Å². The largest absolute Gasteiger partial charge is 0.494 e. The molecule has 0 heterocycles. The number of rotatable bonds is 4. The average molecular weight is 219 g/mol. The van der Waals surface area contributed by atoms with E-state index in [1.54, 1.807) is 0 Å². The molecule has 0 spiro atoms. The van der Waals surface area contributed by atoms with Gasteiger partial charge in [0.05, 0.1) is 6.61 Å². The van der Waals surface area contributed by atoms with Gasteiger partial charge in [0, 0.05) is 11.6 Å². The highest BCUT2D eigenvalue weighted by Crippen LogP contribution is 2.37. The van der Waals surface area contributed by atoms with E-state index in [0.717, 1.165) is 5.75 Å². The Bertz CT molecular complexity index is 331. The first-order valence-electron chi connectivity index (χ1n) is 6.30. The highest BCUT2D eigenvalue weighted by molar-refractivity contribution is 5.36. The molecule has 2 N–H and O–H groups in total. The van der Waals surface area contributed by atoms with Crippen molar-refractivity contribution in [2.24, 2.45) is 11.7 Å². The van der Waals surface area contributed by atoms with E-state index >= 15 is 0 Å². The number of hydrogen-bond donors (Lipinski definition) is 1. The summed E-state index contributed by atoms with van der Waals surface area (Å²) in [6.45, 7) is 2.71. The third kappa shape index (κ3) is 2.38. The third-order valence-corrected chi connectivity index (χ3v) is 3.49. The molecule has 1 unspecified atom stereocenters. The van der Waals surface area contributed by atoms with Crippen LogP contribution in [0.4, 0.5) is 0 Å². The number of para-hydroxylation sites is 1. The van der Waals surface area contributed by atoms with E-state index in [-0.39, 0.29) is 6.04 Å². The maximum atomic E-state index is 6.35. The van der Waals surface area contributed by atoms with Crippen LogP contribution in [0.3, 0.4) is 0 Å². The second-order valence-corrected chi connectivity index (χ2v) is 4.54. The molecule has 2 rings (SSSR count). The summed E-state index contributed by atoms with van der Waals surface area (Å²) in [4.78, 5) is 0. The van der Waals surface area contributed by atoms with Crippen molar-refractivity contribution < 1.29 is 4.74 Å². The molecule has 0 radical (unpaired) electrons. The molecule has 1 aromatic carbocycles. The summed E-state index contributed by atoms with van der Waals surface area (Å²) in [6.07, 6.45) is 5.19. The smallest absolute Gasteiger partial charge is 0.124 e. The molecule has 2 heteroatoms. The molecule has 1 atom stereocenters. The normalized spacial score (nSPS) is 18.6. The highest BCUT2D eigenvalue weighted by Gasteiger charge is 2.25. The number of ether oxygens (including phenoxy) is 1. The second-order valence-electron chi connectivity index (χ2n) is 4.54. The van der Waals surface area contributed by atoms with Crippen LogP contribution >= 0.6 is 0 Å². The van der Waals surface area contributed by atoms with Gasteiger partial charge in [0.1, 0.15) is 5.75 Å². The quantitative estimate of drug-likeness (QED) is 0.843. The summed E-state index contributed by atoms with van der Waals surface area (Å²) in [5, 5.41) is 0. The summed E-state index contributed by atoms with van der Waals surface area (Å²) in [6, 6.07) is 8.33. The molecule has 1 fully saturated rings. The molecule has 1 aliphatic rings. The monoisotopic (exact) mass is 219 g/mol. The van der Waals surface area contributed by atoms with Crippen molar-refractivity contribution in [1.29, 1.82) is 0 Å². The van der Waals surface area contributed by atoms with Crippen molar-refractivity contribution in [3.05, 3.63) is 29.8 Å². The van der Waals surface area contributed by atoms with E-state index in [1.807, 2.05) is 25.1 Å². The number of benzene rings is 1. The Labute approximate surface area is 97.8 Å². The predicted molar refractivity (Wildman–Crippen MR) is 66.5 cm³/mol. The Hall–Kier alpha value is -1.02. The van der Waals surface area contributed by atoms with Gasteiger partial charge in [0.25, 0.3) is 0 Å². The molecule has 0 aromatic heterocycles. The molecule has 0 aliphatic heterocycles. The van der Waals surface area contributed by atoms with Gasteiger partial charge in [-0.25, -0.2) is 0 Å². The predicted octanol–water partition coefficient (Wildman–Crippen LogP) is 3.28. The summed E-state index contributed by atoms with van der Waals surface area (Å²) < 4.78 is 5.64. The number of nitrogens with two attached hydrogens (primary N) is 1. The van der Waals surface area contributed by atoms with Gasteiger partial charge in [0.15, 0.2) is 0 Å². The molecule has 0 bridgehead atoms. The minimum atomic E-state index is 0.144.